The van der Waals surface area contributed by atoms with Gasteiger partial charge in [-0.2, -0.15) is 4.98 Å². The molecule has 0 spiro atoms. The zero-order chi connectivity index (χ0) is 19.9. The van der Waals surface area contributed by atoms with Crippen LogP contribution in [0.3, 0.4) is 0 Å². The predicted molar refractivity (Wildman–Crippen MR) is 110 cm³/mol. The van der Waals surface area contributed by atoms with Crippen LogP contribution >= 0.6 is 11.3 Å². The van der Waals surface area contributed by atoms with Gasteiger partial charge in [0, 0.05) is 35.9 Å². The Morgan fingerprint density at radius 2 is 2.07 bits per heavy atom. The molecule has 0 aromatic carbocycles. The summed E-state index contributed by atoms with van der Waals surface area (Å²) in [5, 5.41) is 11.3. The Balaban J connectivity index is 1.31. The normalized spacial score (nSPS) is 16.2. The van der Waals surface area contributed by atoms with Crippen molar-refractivity contribution >= 4 is 29.0 Å². The number of amides is 2. The maximum Gasteiger partial charge on any atom is 0.326 e. The second kappa shape index (κ2) is 9.41. The van der Waals surface area contributed by atoms with Gasteiger partial charge in [0.15, 0.2) is 0 Å². The molecule has 150 valence electrons. The van der Waals surface area contributed by atoms with E-state index < -0.39 is 6.03 Å². The third-order valence-electron chi connectivity index (χ3n) is 4.07. The van der Waals surface area contributed by atoms with Gasteiger partial charge in [-0.15, -0.1) is 11.3 Å². The van der Waals surface area contributed by atoms with Crippen LogP contribution in [0, 0.1) is 0 Å². The lowest BCUT2D eigenvalue weighted by molar-refractivity contribution is 0.0585. The molecule has 1 saturated heterocycles. The van der Waals surface area contributed by atoms with Crippen molar-refractivity contribution < 1.29 is 14.3 Å². The van der Waals surface area contributed by atoms with Crippen molar-refractivity contribution in [2.75, 3.05) is 37.0 Å². The highest BCUT2D eigenvalue weighted by Crippen LogP contribution is 2.25. The van der Waals surface area contributed by atoms with Crippen molar-refractivity contribution in [3.63, 3.8) is 0 Å². The second-order valence-corrected chi connectivity index (χ2v) is 7.11. The van der Waals surface area contributed by atoms with E-state index in [2.05, 4.69) is 30.9 Å². The molecule has 0 saturated carbocycles. The van der Waals surface area contributed by atoms with E-state index in [0.717, 1.165) is 17.1 Å². The van der Waals surface area contributed by atoms with E-state index in [1.807, 2.05) is 12.1 Å². The fraction of sp³-hybridized carbons (Fsp3) is 0.263. The number of carbonyl (C=O) groups is 1. The van der Waals surface area contributed by atoms with Gasteiger partial charge in [-0.3, -0.25) is 15.6 Å². The quantitative estimate of drug-likeness (QED) is 0.571. The number of pyridine rings is 2. The monoisotopic (exact) mass is 412 g/mol. The summed E-state index contributed by atoms with van der Waals surface area (Å²) in [6.07, 6.45) is 3.41. The van der Waals surface area contributed by atoms with Crippen LogP contribution in [0.2, 0.25) is 0 Å². The molecule has 0 bridgehead atoms. The molecule has 3 N–H and O–H groups in total. The second-order valence-electron chi connectivity index (χ2n) is 6.25. The molecule has 3 aromatic rings. The number of ether oxygens (including phenoxy) is 2. The van der Waals surface area contributed by atoms with Gasteiger partial charge >= 0.3 is 6.03 Å². The number of aromatic nitrogens is 3. The number of morpholine rings is 1. The number of rotatable bonds is 6. The van der Waals surface area contributed by atoms with E-state index in [-0.39, 0.29) is 6.04 Å². The Morgan fingerprint density at radius 1 is 1.21 bits per heavy atom. The molecule has 4 heterocycles. The Hall–Kier alpha value is -3.08. The lowest BCUT2D eigenvalue weighted by Gasteiger charge is -2.23. The molecule has 9 nitrogen and oxygen atoms in total. The summed E-state index contributed by atoms with van der Waals surface area (Å²) in [5.41, 5.74) is 0.947. The van der Waals surface area contributed by atoms with Crippen molar-refractivity contribution in [1.29, 1.82) is 0 Å². The van der Waals surface area contributed by atoms with Crippen LogP contribution in [-0.4, -0.2) is 53.4 Å². The van der Waals surface area contributed by atoms with Gasteiger partial charge in [0.05, 0.1) is 19.3 Å². The number of hydrogen-bond acceptors (Lipinski definition) is 8. The molecule has 1 atom stereocenters. The average molecular weight is 412 g/mol. The highest BCUT2D eigenvalue weighted by Gasteiger charge is 2.14. The molecule has 0 aliphatic carbocycles. The summed E-state index contributed by atoms with van der Waals surface area (Å²) in [6, 6.07) is 8.65. The van der Waals surface area contributed by atoms with E-state index in [4.69, 9.17) is 9.47 Å². The van der Waals surface area contributed by atoms with Gasteiger partial charge in [0.25, 0.3) is 0 Å². The van der Waals surface area contributed by atoms with Gasteiger partial charge < -0.3 is 14.8 Å². The molecule has 10 heteroatoms. The van der Waals surface area contributed by atoms with Crippen molar-refractivity contribution in [1.82, 2.24) is 20.3 Å². The van der Waals surface area contributed by atoms with Crippen molar-refractivity contribution in [2.24, 2.45) is 0 Å². The molecule has 2 amide bonds. The van der Waals surface area contributed by atoms with Crippen molar-refractivity contribution in [3.05, 3.63) is 48.1 Å². The first-order valence-corrected chi connectivity index (χ1v) is 9.99. The fourth-order valence-corrected chi connectivity index (χ4v) is 3.46. The first kappa shape index (κ1) is 19.2. The van der Waals surface area contributed by atoms with E-state index in [0.29, 0.717) is 37.3 Å². The van der Waals surface area contributed by atoms with Crippen LogP contribution in [0.1, 0.15) is 0 Å². The number of nitrogens with zero attached hydrogens (tertiary/aromatic N) is 3. The number of anilines is 2. The SMILES string of the molecule is O=C(Nc1cccc(OCC2COCCN2)n1)Nc1csc(-c2ccncc2)n1. The van der Waals surface area contributed by atoms with Gasteiger partial charge in [0.1, 0.15) is 23.3 Å². The largest absolute Gasteiger partial charge is 0.476 e. The molecule has 1 aliphatic rings. The number of thiazole rings is 1. The molecule has 0 radical (unpaired) electrons. The molecule has 1 aliphatic heterocycles. The summed E-state index contributed by atoms with van der Waals surface area (Å²) < 4.78 is 11.1. The molecule has 3 aromatic heterocycles. The Bertz CT molecular complexity index is 946. The number of carbonyl (C=O) groups excluding carboxylic acids is 1. The van der Waals surface area contributed by atoms with E-state index in [1.165, 1.54) is 11.3 Å². The van der Waals surface area contributed by atoms with Gasteiger partial charge in [-0.1, -0.05) is 6.07 Å². The Kier molecular flexibility index (Phi) is 6.25. The summed E-state index contributed by atoms with van der Waals surface area (Å²) >= 11 is 1.44. The Morgan fingerprint density at radius 3 is 2.90 bits per heavy atom. The van der Waals surface area contributed by atoms with Gasteiger partial charge in [-0.25, -0.2) is 9.78 Å². The summed E-state index contributed by atoms with van der Waals surface area (Å²) in [5.74, 6) is 1.29. The third-order valence-corrected chi connectivity index (χ3v) is 4.96. The minimum Gasteiger partial charge on any atom is -0.476 e. The van der Waals surface area contributed by atoms with Crippen LogP contribution in [0.5, 0.6) is 5.88 Å². The zero-order valence-corrected chi connectivity index (χ0v) is 16.3. The highest BCUT2D eigenvalue weighted by atomic mass is 32.1. The molecular formula is C19H20N6O3S. The zero-order valence-electron chi connectivity index (χ0n) is 15.5. The average Bonchev–Trinajstić information content (AvgIpc) is 3.22. The molecule has 29 heavy (non-hydrogen) atoms. The first-order valence-electron chi connectivity index (χ1n) is 9.11. The summed E-state index contributed by atoms with van der Waals surface area (Å²) in [6.45, 7) is 2.57. The molecule has 1 unspecified atom stereocenters. The van der Waals surface area contributed by atoms with Gasteiger partial charge in [-0.05, 0) is 18.2 Å². The fourth-order valence-electron chi connectivity index (χ4n) is 2.70. The van der Waals surface area contributed by atoms with Crippen LogP contribution in [0.4, 0.5) is 16.4 Å². The maximum atomic E-state index is 12.3. The maximum absolute atomic E-state index is 12.3. The first-order chi connectivity index (χ1) is 14.3. The molecule has 4 rings (SSSR count). The van der Waals surface area contributed by atoms with Crippen molar-refractivity contribution in [2.45, 2.75) is 6.04 Å². The summed E-state index contributed by atoms with van der Waals surface area (Å²) in [7, 11) is 0. The lowest BCUT2D eigenvalue weighted by atomic mass is 10.3. The standard InChI is InChI=1S/C19H20N6O3S/c26-19(25-16-12-29-18(23-16)13-4-6-20-7-5-13)24-15-2-1-3-17(22-15)28-11-14-10-27-9-8-21-14/h1-7,12,14,21H,8-11H2,(H2,22,24,25,26). The Labute approximate surface area is 171 Å². The van der Waals surface area contributed by atoms with Crippen molar-refractivity contribution in [3.8, 4) is 16.5 Å². The van der Waals surface area contributed by atoms with E-state index in [9.17, 15) is 4.79 Å². The van der Waals surface area contributed by atoms with Crippen LogP contribution in [0.15, 0.2) is 48.1 Å². The van der Waals surface area contributed by atoms with E-state index >= 15 is 0 Å². The number of nitrogens with one attached hydrogen (secondary N) is 3. The predicted octanol–water partition coefficient (Wildman–Crippen LogP) is 2.61. The highest BCUT2D eigenvalue weighted by molar-refractivity contribution is 7.13. The minimum atomic E-state index is -0.427. The number of urea groups is 1. The minimum absolute atomic E-state index is 0.129. The smallest absolute Gasteiger partial charge is 0.326 e. The lowest BCUT2D eigenvalue weighted by Crippen LogP contribution is -2.44. The van der Waals surface area contributed by atoms with E-state index in [1.54, 1.807) is 36.0 Å². The third kappa shape index (κ3) is 5.47. The van der Waals surface area contributed by atoms with Crippen LogP contribution in [-0.2, 0) is 4.74 Å². The molecular weight excluding hydrogens is 392 g/mol. The topological polar surface area (TPSA) is 110 Å². The molecule has 1 fully saturated rings. The van der Waals surface area contributed by atoms with Crippen LogP contribution in [0.25, 0.3) is 10.6 Å². The van der Waals surface area contributed by atoms with Gasteiger partial charge in [0.2, 0.25) is 5.88 Å². The summed E-state index contributed by atoms with van der Waals surface area (Å²) in [4.78, 5) is 25.0. The number of hydrogen-bond donors (Lipinski definition) is 3. The van der Waals surface area contributed by atoms with Crippen LogP contribution < -0.4 is 20.7 Å².